The Hall–Kier alpha value is -2.20. The third-order valence-electron chi connectivity index (χ3n) is 2.77. The molecule has 0 amide bonds. The first-order valence-corrected chi connectivity index (χ1v) is 6.08. The second-order valence-corrected chi connectivity index (χ2v) is 4.28. The third-order valence-corrected chi connectivity index (χ3v) is 2.94. The fourth-order valence-corrected chi connectivity index (χ4v) is 2.09. The summed E-state index contributed by atoms with van der Waals surface area (Å²) in [7, 11) is 1.63. The van der Waals surface area contributed by atoms with Gasteiger partial charge in [-0.3, -0.25) is 4.98 Å². The number of aromatic nitrogens is 3. The number of hydrogen-bond acceptors (Lipinski definition) is 4. The van der Waals surface area contributed by atoms with Crippen LogP contribution in [0.1, 0.15) is 0 Å². The van der Waals surface area contributed by atoms with E-state index in [1.54, 1.807) is 13.3 Å². The van der Waals surface area contributed by atoms with Crippen LogP contribution < -0.4 is 4.74 Å². The van der Waals surface area contributed by atoms with Gasteiger partial charge in [0.05, 0.1) is 12.6 Å². The summed E-state index contributed by atoms with van der Waals surface area (Å²) >= 11 is 5.97. The van der Waals surface area contributed by atoms with Gasteiger partial charge in [-0.2, -0.15) is 0 Å². The van der Waals surface area contributed by atoms with Crippen molar-refractivity contribution in [2.45, 2.75) is 0 Å². The van der Waals surface area contributed by atoms with Gasteiger partial charge in [0.25, 0.3) is 0 Å². The van der Waals surface area contributed by atoms with Crippen LogP contribution in [0.15, 0.2) is 42.6 Å². The molecule has 0 spiro atoms. The molecule has 0 radical (unpaired) electrons. The summed E-state index contributed by atoms with van der Waals surface area (Å²) in [5, 5.41) is 0.207. The molecule has 0 fully saturated rings. The smallest absolute Gasteiger partial charge is 0.223 e. The zero-order valence-corrected chi connectivity index (χ0v) is 10.9. The quantitative estimate of drug-likeness (QED) is 0.671. The van der Waals surface area contributed by atoms with Crippen LogP contribution in [0.3, 0.4) is 0 Å². The maximum absolute atomic E-state index is 5.97. The highest BCUT2D eigenvalue weighted by Gasteiger charge is 2.10. The van der Waals surface area contributed by atoms with Gasteiger partial charge in [-0.25, -0.2) is 9.97 Å². The van der Waals surface area contributed by atoms with Gasteiger partial charge in [0.2, 0.25) is 5.28 Å². The van der Waals surface area contributed by atoms with E-state index >= 15 is 0 Å². The molecule has 1 aromatic carbocycles. The monoisotopic (exact) mass is 271 g/mol. The van der Waals surface area contributed by atoms with Gasteiger partial charge in [0, 0.05) is 11.8 Å². The Morgan fingerprint density at radius 2 is 2.00 bits per heavy atom. The Balaban J connectivity index is 2.29. The van der Waals surface area contributed by atoms with E-state index in [0.29, 0.717) is 5.69 Å². The van der Waals surface area contributed by atoms with Crippen molar-refractivity contribution in [2.24, 2.45) is 0 Å². The minimum atomic E-state index is 0.207. The van der Waals surface area contributed by atoms with Crippen molar-refractivity contribution in [3.63, 3.8) is 0 Å². The first-order valence-electron chi connectivity index (χ1n) is 5.70. The number of hydrogen-bond donors (Lipinski definition) is 0. The molecule has 4 nitrogen and oxygen atoms in total. The molecule has 5 heteroatoms. The van der Waals surface area contributed by atoms with Crippen LogP contribution in [-0.4, -0.2) is 22.1 Å². The van der Waals surface area contributed by atoms with Gasteiger partial charge in [-0.15, -0.1) is 0 Å². The lowest BCUT2D eigenvalue weighted by Crippen LogP contribution is -1.93. The second-order valence-electron chi connectivity index (χ2n) is 3.94. The summed E-state index contributed by atoms with van der Waals surface area (Å²) in [4.78, 5) is 12.8. The summed E-state index contributed by atoms with van der Waals surface area (Å²) in [6.07, 6.45) is 1.71. The zero-order valence-electron chi connectivity index (χ0n) is 10.2. The predicted octanol–water partition coefficient (Wildman–Crippen LogP) is 3.35. The average molecular weight is 272 g/mol. The topological polar surface area (TPSA) is 47.9 Å². The SMILES string of the molecule is COc1cccc(-c2nc(Cl)nc3cccnc23)c1. The normalized spacial score (nSPS) is 10.6. The van der Waals surface area contributed by atoms with Crippen LogP contribution in [0, 0.1) is 0 Å². The molecular formula is C14H10ClN3O. The van der Waals surface area contributed by atoms with Gasteiger partial charge in [-0.05, 0) is 35.9 Å². The molecule has 0 atom stereocenters. The van der Waals surface area contributed by atoms with Crippen molar-refractivity contribution in [1.29, 1.82) is 0 Å². The van der Waals surface area contributed by atoms with E-state index in [2.05, 4.69) is 15.0 Å². The van der Waals surface area contributed by atoms with E-state index in [9.17, 15) is 0 Å². The van der Waals surface area contributed by atoms with E-state index in [1.165, 1.54) is 0 Å². The van der Waals surface area contributed by atoms with E-state index in [4.69, 9.17) is 16.3 Å². The second kappa shape index (κ2) is 4.82. The molecule has 0 unspecified atom stereocenters. The maximum Gasteiger partial charge on any atom is 0.223 e. The van der Waals surface area contributed by atoms with Gasteiger partial charge >= 0.3 is 0 Å². The van der Waals surface area contributed by atoms with Gasteiger partial charge in [0.1, 0.15) is 17.0 Å². The Kier molecular flexibility index (Phi) is 3.01. The van der Waals surface area contributed by atoms with Crippen LogP contribution in [-0.2, 0) is 0 Å². The lowest BCUT2D eigenvalue weighted by Gasteiger charge is -2.06. The van der Waals surface area contributed by atoms with E-state index in [0.717, 1.165) is 22.3 Å². The van der Waals surface area contributed by atoms with Crippen molar-refractivity contribution in [3.05, 3.63) is 47.9 Å². The third kappa shape index (κ3) is 2.22. The Labute approximate surface area is 115 Å². The Bertz CT molecular complexity index is 746. The first-order chi connectivity index (χ1) is 9.28. The summed E-state index contributed by atoms with van der Waals surface area (Å²) in [5.74, 6) is 0.760. The van der Waals surface area contributed by atoms with Crippen molar-refractivity contribution < 1.29 is 4.74 Å². The summed E-state index contributed by atoms with van der Waals surface area (Å²) in [5.41, 5.74) is 3.04. The summed E-state index contributed by atoms with van der Waals surface area (Å²) < 4.78 is 5.22. The molecule has 94 valence electrons. The average Bonchev–Trinajstić information content (AvgIpc) is 2.46. The highest BCUT2D eigenvalue weighted by molar-refractivity contribution is 6.28. The lowest BCUT2D eigenvalue weighted by atomic mass is 10.1. The van der Waals surface area contributed by atoms with Crippen LogP contribution in [0.4, 0.5) is 0 Å². The zero-order chi connectivity index (χ0) is 13.2. The molecule has 3 aromatic rings. The number of benzene rings is 1. The number of rotatable bonds is 2. The highest BCUT2D eigenvalue weighted by Crippen LogP contribution is 2.27. The number of ether oxygens (including phenoxy) is 1. The minimum absolute atomic E-state index is 0.207. The summed E-state index contributed by atoms with van der Waals surface area (Å²) in [6, 6.07) is 11.3. The van der Waals surface area contributed by atoms with E-state index in [-0.39, 0.29) is 5.28 Å². The largest absolute Gasteiger partial charge is 0.497 e. The molecular weight excluding hydrogens is 262 g/mol. The standard InChI is InChI=1S/C14H10ClN3O/c1-19-10-5-2-4-9(8-10)12-13-11(6-3-7-16-13)17-14(15)18-12/h2-8H,1H3. The summed E-state index contributed by atoms with van der Waals surface area (Å²) in [6.45, 7) is 0. The van der Waals surface area contributed by atoms with Gasteiger partial charge in [-0.1, -0.05) is 12.1 Å². The molecule has 0 saturated heterocycles. The van der Waals surface area contributed by atoms with Crippen LogP contribution >= 0.6 is 11.6 Å². The lowest BCUT2D eigenvalue weighted by molar-refractivity contribution is 0.415. The predicted molar refractivity (Wildman–Crippen MR) is 74.3 cm³/mol. The van der Waals surface area contributed by atoms with Crippen molar-refractivity contribution in [3.8, 4) is 17.0 Å². The van der Waals surface area contributed by atoms with Crippen molar-refractivity contribution in [1.82, 2.24) is 15.0 Å². The van der Waals surface area contributed by atoms with Crippen LogP contribution in [0.5, 0.6) is 5.75 Å². The molecule has 0 bridgehead atoms. The highest BCUT2D eigenvalue weighted by atomic mass is 35.5. The maximum atomic E-state index is 5.97. The molecule has 0 saturated carbocycles. The molecule has 2 heterocycles. The first kappa shape index (κ1) is 11.9. The van der Waals surface area contributed by atoms with Gasteiger partial charge < -0.3 is 4.74 Å². The molecule has 0 aliphatic heterocycles. The molecule has 19 heavy (non-hydrogen) atoms. The van der Waals surface area contributed by atoms with Gasteiger partial charge in [0.15, 0.2) is 0 Å². The number of nitrogens with zero attached hydrogens (tertiary/aromatic N) is 3. The number of methoxy groups -OCH3 is 1. The Morgan fingerprint density at radius 1 is 1.11 bits per heavy atom. The van der Waals surface area contributed by atoms with E-state index in [1.807, 2.05) is 36.4 Å². The molecule has 0 aliphatic carbocycles. The minimum Gasteiger partial charge on any atom is -0.497 e. The van der Waals surface area contributed by atoms with Crippen molar-refractivity contribution >= 4 is 22.6 Å². The molecule has 0 N–H and O–H groups in total. The van der Waals surface area contributed by atoms with Crippen LogP contribution in [0.25, 0.3) is 22.3 Å². The van der Waals surface area contributed by atoms with Crippen LogP contribution in [0.2, 0.25) is 5.28 Å². The number of fused-ring (bicyclic) bond motifs is 1. The fourth-order valence-electron chi connectivity index (χ4n) is 1.91. The Morgan fingerprint density at radius 3 is 2.84 bits per heavy atom. The van der Waals surface area contributed by atoms with E-state index < -0.39 is 0 Å². The molecule has 0 aliphatic rings. The molecule has 2 aromatic heterocycles. The van der Waals surface area contributed by atoms with Crippen molar-refractivity contribution in [2.75, 3.05) is 7.11 Å². The fraction of sp³-hybridized carbons (Fsp3) is 0.0714. The molecule has 3 rings (SSSR count). The number of halogens is 1. The number of pyridine rings is 1.